The van der Waals surface area contributed by atoms with Gasteiger partial charge in [0, 0.05) is 6.54 Å². The number of nitrogens with zero attached hydrogens (tertiary/aromatic N) is 1. The first-order valence-corrected chi connectivity index (χ1v) is 3.58. The molecule has 1 amide bonds. The fourth-order valence-electron chi connectivity index (χ4n) is 0.761. The van der Waals surface area contributed by atoms with Crippen molar-refractivity contribution in [2.75, 3.05) is 6.54 Å². The number of carbonyl (C=O) groups excluding carboxylic acids is 1. The van der Waals surface area contributed by atoms with Gasteiger partial charge in [-0.3, -0.25) is 0 Å². The van der Waals surface area contributed by atoms with Crippen LogP contribution in [0.2, 0.25) is 0 Å². The average molecular weight is 143 g/mol. The van der Waals surface area contributed by atoms with Crippen LogP contribution in [0.25, 0.3) is 0 Å². The van der Waals surface area contributed by atoms with Crippen LogP contribution < -0.4 is 0 Å². The van der Waals surface area contributed by atoms with Crippen molar-refractivity contribution in [3.63, 3.8) is 0 Å². The molecule has 1 atom stereocenters. The maximum atomic E-state index is 10.9. The SMILES string of the molecule is CC(C)OC(=O)N1CC1C. The van der Waals surface area contributed by atoms with Crippen LogP contribution in [0.5, 0.6) is 0 Å². The van der Waals surface area contributed by atoms with E-state index in [-0.39, 0.29) is 12.2 Å². The quantitative estimate of drug-likeness (QED) is 0.517. The second-order valence-corrected chi connectivity index (χ2v) is 2.93. The molecule has 1 saturated heterocycles. The Kier molecular flexibility index (Phi) is 1.83. The standard InChI is InChI=1S/C7H13NO2/c1-5(2)10-7(9)8-4-6(8)3/h5-6H,4H2,1-3H3. The van der Waals surface area contributed by atoms with Gasteiger partial charge in [-0.1, -0.05) is 0 Å². The Hall–Kier alpha value is -0.730. The Bertz CT molecular complexity index is 145. The predicted molar refractivity (Wildman–Crippen MR) is 37.8 cm³/mol. The summed E-state index contributed by atoms with van der Waals surface area (Å²) < 4.78 is 4.93. The van der Waals surface area contributed by atoms with Gasteiger partial charge < -0.3 is 9.64 Å². The Labute approximate surface area is 61.0 Å². The molecule has 0 bridgehead atoms. The first kappa shape index (κ1) is 7.38. The number of rotatable bonds is 1. The van der Waals surface area contributed by atoms with Crippen molar-refractivity contribution in [3.05, 3.63) is 0 Å². The zero-order chi connectivity index (χ0) is 7.72. The monoisotopic (exact) mass is 143 g/mol. The van der Waals surface area contributed by atoms with Gasteiger partial charge in [-0.05, 0) is 20.8 Å². The van der Waals surface area contributed by atoms with E-state index < -0.39 is 0 Å². The third kappa shape index (κ3) is 1.62. The molecule has 0 aliphatic carbocycles. The van der Waals surface area contributed by atoms with E-state index >= 15 is 0 Å². The summed E-state index contributed by atoms with van der Waals surface area (Å²) in [5.74, 6) is 0. The number of hydrogen-bond donors (Lipinski definition) is 0. The minimum absolute atomic E-state index is 0.000278. The Morgan fingerprint density at radius 2 is 2.20 bits per heavy atom. The molecule has 10 heavy (non-hydrogen) atoms. The van der Waals surface area contributed by atoms with Crippen molar-refractivity contribution in [2.24, 2.45) is 0 Å². The highest BCUT2D eigenvalue weighted by Crippen LogP contribution is 2.17. The van der Waals surface area contributed by atoms with Crippen LogP contribution in [0.4, 0.5) is 4.79 Å². The van der Waals surface area contributed by atoms with Crippen molar-refractivity contribution < 1.29 is 9.53 Å². The summed E-state index contributed by atoms with van der Waals surface area (Å²) in [7, 11) is 0. The van der Waals surface area contributed by atoms with Crippen LogP contribution in [0, 0.1) is 0 Å². The van der Waals surface area contributed by atoms with Crippen molar-refractivity contribution in [1.29, 1.82) is 0 Å². The van der Waals surface area contributed by atoms with E-state index in [0.29, 0.717) is 6.04 Å². The fourth-order valence-corrected chi connectivity index (χ4v) is 0.761. The molecule has 1 aliphatic heterocycles. The first-order valence-electron chi connectivity index (χ1n) is 3.58. The molecule has 1 heterocycles. The third-order valence-electron chi connectivity index (χ3n) is 1.43. The summed E-state index contributed by atoms with van der Waals surface area (Å²) in [5, 5.41) is 0. The zero-order valence-corrected chi connectivity index (χ0v) is 6.63. The summed E-state index contributed by atoms with van der Waals surface area (Å²) in [4.78, 5) is 12.6. The molecule has 1 rings (SSSR count). The minimum atomic E-state index is -0.178. The molecule has 1 fully saturated rings. The largest absolute Gasteiger partial charge is 0.447 e. The highest BCUT2D eigenvalue weighted by molar-refractivity contribution is 5.70. The molecule has 3 nitrogen and oxygen atoms in total. The average Bonchev–Trinajstić information content (AvgIpc) is 2.44. The highest BCUT2D eigenvalue weighted by atomic mass is 16.6. The van der Waals surface area contributed by atoms with Gasteiger partial charge in [-0.15, -0.1) is 0 Å². The smallest absolute Gasteiger partial charge is 0.410 e. The van der Waals surface area contributed by atoms with Crippen LogP contribution in [0.3, 0.4) is 0 Å². The van der Waals surface area contributed by atoms with Crippen LogP contribution in [0.15, 0.2) is 0 Å². The van der Waals surface area contributed by atoms with Gasteiger partial charge in [0.05, 0.1) is 12.1 Å². The lowest BCUT2D eigenvalue weighted by Gasteiger charge is -2.07. The van der Waals surface area contributed by atoms with E-state index in [4.69, 9.17) is 4.74 Å². The first-order chi connectivity index (χ1) is 4.61. The maximum Gasteiger partial charge on any atom is 0.410 e. The van der Waals surface area contributed by atoms with Gasteiger partial charge in [0.1, 0.15) is 0 Å². The van der Waals surface area contributed by atoms with E-state index in [1.54, 1.807) is 4.90 Å². The van der Waals surface area contributed by atoms with Crippen molar-refractivity contribution in [3.8, 4) is 0 Å². The molecular formula is C7H13NO2. The van der Waals surface area contributed by atoms with E-state index in [0.717, 1.165) is 6.54 Å². The van der Waals surface area contributed by atoms with Crippen molar-refractivity contribution in [1.82, 2.24) is 4.90 Å². The number of carbonyl (C=O) groups is 1. The summed E-state index contributed by atoms with van der Waals surface area (Å²) >= 11 is 0. The van der Waals surface area contributed by atoms with Crippen LogP contribution in [-0.2, 0) is 4.74 Å². The Morgan fingerprint density at radius 1 is 1.70 bits per heavy atom. The fraction of sp³-hybridized carbons (Fsp3) is 0.857. The van der Waals surface area contributed by atoms with E-state index in [2.05, 4.69) is 0 Å². The van der Waals surface area contributed by atoms with Gasteiger partial charge >= 0.3 is 6.09 Å². The molecule has 0 N–H and O–H groups in total. The van der Waals surface area contributed by atoms with E-state index in [1.165, 1.54) is 0 Å². The lowest BCUT2D eigenvalue weighted by Crippen LogP contribution is -2.18. The lowest BCUT2D eigenvalue weighted by molar-refractivity contribution is 0.0999. The number of amides is 1. The zero-order valence-electron chi connectivity index (χ0n) is 6.63. The summed E-state index contributed by atoms with van der Waals surface area (Å²) in [5.41, 5.74) is 0. The molecule has 0 saturated carbocycles. The Balaban J connectivity index is 2.23. The molecule has 0 aromatic heterocycles. The third-order valence-corrected chi connectivity index (χ3v) is 1.43. The molecule has 1 aliphatic rings. The second kappa shape index (κ2) is 2.48. The van der Waals surface area contributed by atoms with Gasteiger partial charge in [0.15, 0.2) is 0 Å². The topological polar surface area (TPSA) is 29.3 Å². The van der Waals surface area contributed by atoms with E-state index in [9.17, 15) is 4.79 Å². The van der Waals surface area contributed by atoms with Gasteiger partial charge in [0.2, 0.25) is 0 Å². The molecule has 0 radical (unpaired) electrons. The van der Waals surface area contributed by atoms with Crippen LogP contribution in [-0.4, -0.2) is 29.7 Å². The molecule has 58 valence electrons. The normalized spacial score (nSPS) is 23.2. The van der Waals surface area contributed by atoms with Crippen molar-refractivity contribution >= 4 is 6.09 Å². The Morgan fingerprint density at radius 3 is 2.50 bits per heavy atom. The molecule has 0 aromatic carbocycles. The molecular weight excluding hydrogens is 130 g/mol. The van der Waals surface area contributed by atoms with E-state index in [1.807, 2.05) is 20.8 Å². The summed E-state index contributed by atoms with van der Waals surface area (Å²) in [6.45, 7) is 6.56. The molecule has 3 heteroatoms. The van der Waals surface area contributed by atoms with Crippen molar-refractivity contribution in [2.45, 2.75) is 32.9 Å². The van der Waals surface area contributed by atoms with Gasteiger partial charge in [0.25, 0.3) is 0 Å². The number of hydrogen-bond acceptors (Lipinski definition) is 2. The summed E-state index contributed by atoms with van der Waals surface area (Å²) in [6.07, 6.45) is -0.178. The maximum absolute atomic E-state index is 10.9. The molecule has 0 spiro atoms. The van der Waals surface area contributed by atoms with Crippen LogP contribution in [0.1, 0.15) is 20.8 Å². The predicted octanol–water partition coefficient (Wildman–Crippen LogP) is 1.24. The lowest BCUT2D eigenvalue weighted by atomic mass is 10.5. The molecule has 0 aromatic rings. The van der Waals surface area contributed by atoms with Crippen LogP contribution >= 0.6 is 0 Å². The number of ether oxygens (including phenoxy) is 1. The molecule has 1 unspecified atom stereocenters. The second-order valence-electron chi connectivity index (χ2n) is 2.93. The van der Waals surface area contributed by atoms with Gasteiger partial charge in [-0.2, -0.15) is 0 Å². The van der Waals surface area contributed by atoms with Gasteiger partial charge in [-0.25, -0.2) is 4.79 Å². The highest BCUT2D eigenvalue weighted by Gasteiger charge is 2.35. The summed E-state index contributed by atoms with van der Waals surface area (Å²) in [6, 6.07) is 0.395. The minimum Gasteiger partial charge on any atom is -0.447 e.